The molecule has 0 fully saturated rings. The lowest BCUT2D eigenvalue weighted by Crippen LogP contribution is -2.19. The van der Waals surface area contributed by atoms with Gasteiger partial charge in [-0.3, -0.25) is 0 Å². The highest BCUT2D eigenvalue weighted by Crippen LogP contribution is 2.18. The van der Waals surface area contributed by atoms with Crippen LogP contribution in [-0.4, -0.2) is 12.6 Å². The third-order valence-corrected chi connectivity index (χ3v) is 2.39. The van der Waals surface area contributed by atoms with E-state index in [-0.39, 0.29) is 11.8 Å². The molecule has 1 aromatic rings. The van der Waals surface area contributed by atoms with Crippen molar-refractivity contribution in [3.05, 3.63) is 29.8 Å². The van der Waals surface area contributed by atoms with Crippen LogP contribution < -0.4 is 10.5 Å². The molecule has 0 amide bonds. The Labute approximate surface area is 94.4 Å². The number of halogens is 2. The summed E-state index contributed by atoms with van der Waals surface area (Å²) in [6.07, 6.45) is 2.48. The van der Waals surface area contributed by atoms with Crippen molar-refractivity contribution in [1.29, 1.82) is 0 Å². The fraction of sp³-hybridized carbons (Fsp3) is 0.500. The van der Waals surface area contributed by atoms with Crippen LogP contribution in [0.3, 0.4) is 0 Å². The highest BCUT2D eigenvalue weighted by atomic mass is 19.1. The maximum Gasteiger partial charge on any atom is 0.165 e. The predicted molar refractivity (Wildman–Crippen MR) is 59.4 cm³/mol. The van der Waals surface area contributed by atoms with Crippen LogP contribution in [0, 0.1) is 11.6 Å². The topological polar surface area (TPSA) is 35.2 Å². The molecule has 0 bridgehead atoms. The van der Waals surface area contributed by atoms with Gasteiger partial charge in [-0.05, 0) is 31.4 Å². The van der Waals surface area contributed by atoms with E-state index in [1.54, 1.807) is 0 Å². The van der Waals surface area contributed by atoms with Crippen LogP contribution >= 0.6 is 0 Å². The first-order valence-electron chi connectivity index (χ1n) is 5.47. The van der Waals surface area contributed by atoms with E-state index in [0.717, 1.165) is 37.5 Å². The number of hydrogen-bond donors (Lipinski definition) is 1. The third-order valence-electron chi connectivity index (χ3n) is 2.39. The van der Waals surface area contributed by atoms with E-state index in [4.69, 9.17) is 10.5 Å². The minimum Gasteiger partial charge on any atom is -0.490 e. The van der Waals surface area contributed by atoms with Crippen molar-refractivity contribution < 1.29 is 13.5 Å². The van der Waals surface area contributed by atoms with Crippen molar-refractivity contribution in [2.45, 2.75) is 32.2 Å². The summed E-state index contributed by atoms with van der Waals surface area (Å²) in [6.45, 7) is 2.37. The van der Waals surface area contributed by atoms with E-state index in [0.29, 0.717) is 6.61 Å². The normalized spacial score (nSPS) is 12.5. The smallest absolute Gasteiger partial charge is 0.165 e. The van der Waals surface area contributed by atoms with Gasteiger partial charge in [0.15, 0.2) is 11.6 Å². The van der Waals surface area contributed by atoms with Gasteiger partial charge in [0.2, 0.25) is 0 Å². The average molecular weight is 229 g/mol. The third kappa shape index (κ3) is 4.14. The Bertz CT molecular complexity index is 331. The standard InChI is InChI=1S/C12H17F2NO/c1-2-10(15)4-3-7-16-12-8-9(13)5-6-11(12)14/h5-6,8,10H,2-4,7,15H2,1H3. The van der Waals surface area contributed by atoms with E-state index in [9.17, 15) is 8.78 Å². The molecule has 0 aliphatic rings. The summed E-state index contributed by atoms with van der Waals surface area (Å²) in [5.41, 5.74) is 5.72. The van der Waals surface area contributed by atoms with Crippen LogP contribution in [0.5, 0.6) is 5.75 Å². The lowest BCUT2D eigenvalue weighted by molar-refractivity contribution is 0.285. The van der Waals surface area contributed by atoms with Crippen LogP contribution in [0.15, 0.2) is 18.2 Å². The van der Waals surface area contributed by atoms with Gasteiger partial charge in [0.05, 0.1) is 6.61 Å². The molecule has 1 aromatic carbocycles. The second-order valence-electron chi connectivity index (χ2n) is 3.73. The lowest BCUT2D eigenvalue weighted by atomic mass is 10.1. The lowest BCUT2D eigenvalue weighted by Gasteiger charge is -2.10. The zero-order valence-electron chi connectivity index (χ0n) is 9.38. The number of ether oxygens (including phenoxy) is 1. The maximum atomic E-state index is 13.1. The Morgan fingerprint density at radius 2 is 2.12 bits per heavy atom. The zero-order chi connectivity index (χ0) is 12.0. The molecule has 90 valence electrons. The molecule has 0 aliphatic heterocycles. The van der Waals surface area contributed by atoms with Gasteiger partial charge >= 0.3 is 0 Å². The molecule has 0 saturated heterocycles. The first kappa shape index (κ1) is 12.9. The minimum absolute atomic E-state index is 0.0370. The van der Waals surface area contributed by atoms with Crippen molar-refractivity contribution in [2.24, 2.45) is 5.73 Å². The van der Waals surface area contributed by atoms with Crippen LogP contribution in [0.1, 0.15) is 26.2 Å². The van der Waals surface area contributed by atoms with Crippen LogP contribution in [-0.2, 0) is 0 Å². The molecule has 4 heteroatoms. The summed E-state index contributed by atoms with van der Waals surface area (Å²) in [5.74, 6) is -1.08. The number of nitrogens with two attached hydrogens (primary N) is 1. The molecule has 0 aliphatic carbocycles. The first-order chi connectivity index (χ1) is 7.63. The van der Waals surface area contributed by atoms with Crippen molar-refractivity contribution >= 4 is 0 Å². The van der Waals surface area contributed by atoms with Gasteiger partial charge in [-0.25, -0.2) is 8.78 Å². The second kappa shape index (κ2) is 6.43. The number of benzene rings is 1. The summed E-state index contributed by atoms with van der Waals surface area (Å²) in [4.78, 5) is 0. The summed E-state index contributed by atoms with van der Waals surface area (Å²) in [7, 11) is 0. The van der Waals surface area contributed by atoms with Gasteiger partial charge in [0, 0.05) is 12.1 Å². The maximum absolute atomic E-state index is 13.1. The van der Waals surface area contributed by atoms with E-state index in [2.05, 4.69) is 0 Å². The van der Waals surface area contributed by atoms with Gasteiger partial charge in [-0.2, -0.15) is 0 Å². The average Bonchev–Trinajstić information content (AvgIpc) is 2.28. The molecule has 1 atom stereocenters. The van der Waals surface area contributed by atoms with Crippen molar-refractivity contribution in [2.75, 3.05) is 6.61 Å². The van der Waals surface area contributed by atoms with E-state index >= 15 is 0 Å². The molecule has 2 N–H and O–H groups in total. The van der Waals surface area contributed by atoms with Crippen molar-refractivity contribution in [3.8, 4) is 5.75 Å². The van der Waals surface area contributed by atoms with E-state index in [1.807, 2.05) is 6.92 Å². The minimum atomic E-state index is -0.541. The fourth-order valence-corrected chi connectivity index (χ4v) is 1.32. The summed E-state index contributed by atoms with van der Waals surface area (Å²) in [6, 6.07) is 3.33. The molecule has 0 spiro atoms. The molecular weight excluding hydrogens is 212 g/mol. The summed E-state index contributed by atoms with van der Waals surface area (Å²) in [5, 5.41) is 0. The molecule has 1 unspecified atom stereocenters. The summed E-state index contributed by atoms with van der Waals surface area (Å²) < 4.78 is 31.0. The Hall–Kier alpha value is -1.16. The monoisotopic (exact) mass is 229 g/mol. The molecule has 1 rings (SSSR count). The Balaban J connectivity index is 2.34. The van der Waals surface area contributed by atoms with Gasteiger partial charge in [-0.1, -0.05) is 6.92 Å². The molecule has 0 heterocycles. The highest BCUT2D eigenvalue weighted by Gasteiger charge is 2.05. The SMILES string of the molecule is CCC(N)CCCOc1cc(F)ccc1F. The molecule has 0 saturated carbocycles. The molecule has 16 heavy (non-hydrogen) atoms. The van der Waals surface area contributed by atoms with Crippen molar-refractivity contribution in [1.82, 2.24) is 0 Å². The van der Waals surface area contributed by atoms with Gasteiger partial charge in [0.25, 0.3) is 0 Å². The largest absolute Gasteiger partial charge is 0.490 e. The summed E-state index contributed by atoms with van der Waals surface area (Å²) >= 11 is 0. The number of rotatable bonds is 6. The van der Waals surface area contributed by atoms with Gasteiger partial charge in [-0.15, -0.1) is 0 Å². The van der Waals surface area contributed by atoms with Crippen LogP contribution in [0.2, 0.25) is 0 Å². The highest BCUT2D eigenvalue weighted by molar-refractivity contribution is 5.24. The molecule has 0 radical (unpaired) electrons. The molecule has 0 aromatic heterocycles. The second-order valence-corrected chi connectivity index (χ2v) is 3.73. The van der Waals surface area contributed by atoms with E-state index in [1.165, 1.54) is 0 Å². The van der Waals surface area contributed by atoms with Crippen molar-refractivity contribution in [3.63, 3.8) is 0 Å². The molecule has 2 nitrogen and oxygen atoms in total. The van der Waals surface area contributed by atoms with E-state index < -0.39 is 11.6 Å². The Kier molecular flexibility index (Phi) is 5.19. The van der Waals surface area contributed by atoms with Gasteiger partial charge < -0.3 is 10.5 Å². The van der Waals surface area contributed by atoms with Crippen LogP contribution in [0.4, 0.5) is 8.78 Å². The quantitative estimate of drug-likeness (QED) is 0.761. The number of hydrogen-bond acceptors (Lipinski definition) is 2. The Morgan fingerprint density at radius 1 is 1.38 bits per heavy atom. The Morgan fingerprint density at radius 3 is 2.81 bits per heavy atom. The zero-order valence-corrected chi connectivity index (χ0v) is 9.38. The first-order valence-corrected chi connectivity index (χ1v) is 5.47. The molecular formula is C12H17F2NO. The predicted octanol–water partition coefficient (Wildman–Crippen LogP) is 2.86. The van der Waals surface area contributed by atoms with Gasteiger partial charge in [0.1, 0.15) is 5.82 Å². The fourth-order valence-electron chi connectivity index (χ4n) is 1.32. The van der Waals surface area contributed by atoms with Crippen LogP contribution in [0.25, 0.3) is 0 Å².